The van der Waals surface area contributed by atoms with Crippen LogP contribution in [0.15, 0.2) is 17.7 Å². The summed E-state index contributed by atoms with van der Waals surface area (Å²) in [5.41, 5.74) is 0.534. The smallest absolute Gasteiger partial charge is 0.262 e. The summed E-state index contributed by atoms with van der Waals surface area (Å²) < 4.78 is 5.03. The van der Waals surface area contributed by atoms with Crippen molar-refractivity contribution in [2.45, 2.75) is 19.9 Å². The zero-order valence-electron chi connectivity index (χ0n) is 11.3. The van der Waals surface area contributed by atoms with Crippen molar-refractivity contribution in [3.8, 4) is 11.8 Å². The van der Waals surface area contributed by atoms with E-state index >= 15 is 0 Å². The molecule has 0 aliphatic rings. The molecule has 20 heavy (non-hydrogen) atoms. The van der Waals surface area contributed by atoms with Gasteiger partial charge in [-0.3, -0.25) is 4.79 Å². The molecule has 1 N–H and O–H groups in total. The summed E-state index contributed by atoms with van der Waals surface area (Å²) >= 11 is 12.0. The van der Waals surface area contributed by atoms with Crippen molar-refractivity contribution in [1.82, 2.24) is 5.32 Å². The van der Waals surface area contributed by atoms with Crippen LogP contribution in [0.25, 0.3) is 6.08 Å². The lowest BCUT2D eigenvalue weighted by atomic mass is 10.1. The Morgan fingerprint density at radius 3 is 2.35 bits per heavy atom. The number of nitrogens with zero attached hydrogens (tertiary/aromatic N) is 1. The zero-order chi connectivity index (χ0) is 15.3. The highest BCUT2D eigenvalue weighted by atomic mass is 35.5. The second kappa shape index (κ2) is 7.18. The van der Waals surface area contributed by atoms with Gasteiger partial charge in [0, 0.05) is 6.04 Å². The van der Waals surface area contributed by atoms with Crippen molar-refractivity contribution in [1.29, 1.82) is 5.26 Å². The highest BCUT2D eigenvalue weighted by Crippen LogP contribution is 2.34. The topological polar surface area (TPSA) is 62.1 Å². The molecule has 0 radical (unpaired) electrons. The number of benzene rings is 1. The van der Waals surface area contributed by atoms with Crippen molar-refractivity contribution in [2.24, 2.45) is 0 Å². The lowest BCUT2D eigenvalue weighted by molar-refractivity contribution is -0.117. The van der Waals surface area contributed by atoms with E-state index in [1.165, 1.54) is 13.2 Å². The van der Waals surface area contributed by atoms with Crippen molar-refractivity contribution >= 4 is 35.2 Å². The fraction of sp³-hybridized carbons (Fsp3) is 0.286. The number of halogens is 2. The van der Waals surface area contributed by atoms with E-state index in [1.807, 2.05) is 19.9 Å². The minimum atomic E-state index is -0.439. The summed E-state index contributed by atoms with van der Waals surface area (Å²) in [5, 5.41) is 12.3. The predicted molar refractivity (Wildman–Crippen MR) is 79.9 cm³/mol. The number of rotatable bonds is 4. The molecule has 0 unspecified atom stereocenters. The molecule has 4 nitrogen and oxygen atoms in total. The Balaban J connectivity index is 3.15. The van der Waals surface area contributed by atoms with Crippen molar-refractivity contribution in [2.75, 3.05) is 7.11 Å². The number of carbonyl (C=O) groups is 1. The maximum atomic E-state index is 11.8. The fourth-order valence-corrected chi connectivity index (χ4v) is 2.17. The number of hydrogen-bond acceptors (Lipinski definition) is 3. The molecule has 0 heterocycles. The number of ether oxygens (including phenoxy) is 1. The Hall–Kier alpha value is -1.70. The van der Waals surface area contributed by atoms with Crippen LogP contribution in [0.3, 0.4) is 0 Å². The summed E-state index contributed by atoms with van der Waals surface area (Å²) in [7, 11) is 1.46. The van der Waals surface area contributed by atoms with E-state index in [9.17, 15) is 4.79 Å². The molecule has 106 valence electrons. The second-order valence-electron chi connectivity index (χ2n) is 4.32. The molecule has 0 spiro atoms. The van der Waals surface area contributed by atoms with E-state index in [0.717, 1.165) is 0 Å². The van der Waals surface area contributed by atoms with Gasteiger partial charge in [-0.05, 0) is 37.6 Å². The highest BCUT2D eigenvalue weighted by Gasteiger charge is 2.12. The van der Waals surface area contributed by atoms with Gasteiger partial charge in [0.15, 0.2) is 5.75 Å². The van der Waals surface area contributed by atoms with E-state index in [2.05, 4.69) is 5.32 Å². The number of nitriles is 1. The Morgan fingerprint density at radius 2 is 1.95 bits per heavy atom. The lowest BCUT2D eigenvalue weighted by Gasteiger charge is -2.08. The van der Waals surface area contributed by atoms with Crippen LogP contribution in [0, 0.1) is 11.3 Å². The largest absolute Gasteiger partial charge is 0.494 e. The van der Waals surface area contributed by atoms with E-state index in [0.29, 0.717) is 21.4 Å². The van der Waals surface area contributed by atoms with Gasteiger partial charge in [-0.1, -0.05) is 23.2 Å². The highest BCUT2D eigenvalue weighted by molar-refractivity contribution is 6.37. The van der Waals surface area contributed by atoms with E-state index in [-0.39, 0.29) is 11.6 Å². The summed E-state index contributed by atoms with van der Waals surface area (Å²) in [6, 6.07) is 4.95. The molecular weight excluding hydrogens is 299 g/mol. The van der Waals surface area contributed by atoms with Crippen LogP contribution in [-0.2, 0) is 4.79 Å². The molecule has 6 heteroatoms. The van der Waals surface area contributed by atoms with Gasteiger partial charge < -0.3 is 10.1 Å². The first kappa shape index (κ1) is 16.4. The molecule has 1 aromatic carbocycles. The van der Waals surface area contributed by atoms with Crippen LogP contribution in [0.4, 0.5) is 0 Å². The quantitative estimate of drug-likeness (QED) is 0.684. The average molecular weight is 313 g/mol. The zero-order valence-corrected chi connectivity index (χ0v) is 12.8. The van der Waals surface area contributed by atoms with Gasteiger partial charge in [-0.25, -0.2) is 0 Å². The number of methoxy groups -OCH3 is 1. The fourth-order valence-electron chi connectivity index (χ4n) is 1.51. The van der Waals surface area contributed by atoms with Gasteiger partial charge in [0.05, 0.1) is 17.2 Å². The van der Waals surface area contributed by atoms with Crippen LogP contribution in [0.1, 0.15) is 19.4 Å². The van der Waals surface area contributed by atoms with Gasteiger partial charge in [-0.15, -0.1) is 0 Å². The Morgan fingerprint density at radius 1 is 1.40 bits per heavy atom. The van der Waals surface area contributed by atoms with Gasteiger partial charge in [0.1, 0.15) is 11.6 Å². The molecular formula is C14H14Cl2N2O2. The van der Waals surface area contributed by atoms with E-state index in [4.69, 9.17) is 33.2 Å². The standard InChI is InChI=1S/C14H14Cl2N2O2/c1-8(2)18-14(19)10(7-17)4-9-5-11(15)13(20-3)12(16)6-9/h4-6,8H,1-3H3,(H,18,19)/b10-4-. The van der Waals surface area contributed by atoms with Crippen LogP contribution in [-0.4, -0.2) is 19.1 Å². The Labute approximate surface area is 127 Å². The van der Waals surface area contributed by atoms with Crippen molar-refractivity contribution < 1.29 is 9.53 Å². The van der Waals surface area contributed by atoms with Gasteiger partial charge >= 0.3 is 0 Å². The van der Waals surface area contributed by atoms with Gasteiger partial charge in [0.25, 0.3) is 5.91 Å². The molecule has 1 rings (SSSR count). The minimum absolute atomic E-state index is 0.0176. The summed E-state index contributed by atoms with van der Waals surface area (Å²) in [5.74, 6) is -0.0822. The monoisotopic (exact) mass is 312 g/mol. The maximum Gasteiger partial charge on any atom is 0.262 e. The third kappa shape index (κ3) is 4.16. The van der Waals surface area contributed by atoms with Crippen LogP contribution in [0.5, 0.6) is 5.75 Å². The number of amides is 1. The first-order valence-electron chi connectivity index (χ1n) is 5.84. The molecule has 0 aliphatic heterocycles. The number of nitrogens with one attached hydrogen (secondary N) is 1. The van der Waals surface area contributed by atoms with Gasteiger partial charge in [-0.2, -0.15) is 5.26 Å². The third-order valence-corrected chi connectivity index (χ3v) is 2.88. The van der Waals surface area contributed by atoms with Crippen LogP contribution >= 0.6 is 23.2 Å². The number of carbonyl (C=O) groups excluding carboxylic acids is 1. The molecule has 0 bridgehead atoms. The predicted octanol–water partition coefficient (Wildman–Crippen LogP) is 3.43. The SMILES string of the molecule is COc1c(Cl)cc(/C=C(/C#N)C(=O)NC(C)C)cc1Cl. The average Bonchev–Trinajstić information content (AvgIpc) is 2.34. The number of hydrogen-bond donors (Lipinski definition) is 1. The third-order valence-electron chi connectivity index (χ3n) is 2.32. The summed E-state index contributed by atoms with van der Waals surface area (Å²) in [6.07, 6.45) is 1.43. The van der Waals surface area contributed by atoms with E-state index in [1.54, 1.807) is 12.1 Å². The Bertz CT molecular complexity index is 566. The molecule has 1 amide bonds. The molecule has 0 saturated carbocycles. The maximum absolute atomic E-state index is 11.8. The van der Waals surface area contributed by atoms with Crippen LogP contribution in [0.2, 0.25) is 10.0 Å². The molecule has 0 atom stereocenters. The van der Waals surface area contributed by atoms with Crippen LogP contribution < -0.4 is 10.1 Å². The van der Waals surface area contributed by atoms with Gasteiger partial charge in [0.2, 0.25) is 0 Å². The molecule has 0 aromatic heterocycles. The molecule has 0 saturated heterocycles. The first-order chi connectivity index (χ1) is 9.38. The van der Waals surface area contributed by atoms with E-state index < -0.39 is 5.91 Å². The molecule has 0 aliphatic carbocycles. The summed E-state index contributed by atoms with van der Waals surface area (Å²) in [6.45, 7) is 3.63. The Kier molecular flexibility index (Phi) is 5.87. The second-order valence-corrected chi connectivity index (χ2v) is 5.13. The molecule has 0 fully saturated rings. The van der Waals surface area contributed by atoms with Crippen molar-refractivity contribution in [3.63, 3.8) is 0 Å². The molecule has 1 aromatic rings. The summed E-state index contributed by atoms with van der Waals surface area (Å²) in [4.78, 5) is 11.8. The first-order valence-corrected chi connectivity index (χ1v) is 6.60. The normalized spacial score (nSPS) is 11.2. The minimum Gasteiger partial charge on any atom is -0.494 e. The van der Waals surface area contributed by atoms with Crippen molar-refractivity contribution in [3.05, 3.63) is 33.3 Å². The lowest BCUT2D eigenvalue weighted by Crippen LogP contribution is -2.30.